The van der Waals surface area contributed by atoms with Crippen molar-refractivity contribution in [2.45, 2.75) is 53.0 Å². The molecule has 0 saturated heterocycles. The Hall–Kier alpha value is -3.28. The van der Waals surface area contributed by atoms with Gasteiger partial charge in [-0.25, -0.2) is 4.79 Å². The first-order valence-corrected chi connectivity index (χ1v) is 11.6. The molecule has 176 valence electrons. The maximum absolute atomic E-state index is 12.8. The maximum atomic E-state index is 12.8. The van der Waals surface area contributed by atoms with E-state index < -0.39 is 5.97 Å². The molecule has 0 aliphatic heterocycles. The first-order valence-electron chi connectivity index (χ1n) is 11.6. The number of carboxylic acid groups (broad SMARTS) is 1. The largest absolute Gasteiger partial charge is 0.496 e. The van der Waals surface area contributed by atoms with Gasteiger partial charge < -0.3 is 19.7 Å². The van der Waals surface area contributed by atoms with Gasteiger partial charge in [0.2, 0.25) is 0 Å². The number of ether oxygens (including phenoxy) is 1. The number of rotatable bonds is 10. The fourth-order valence-electron chi connectivity index (χ4n) is 4.18. The zero-order chi connectivity index (χ0) is 24.1. The van der Waals surface area contributed by atoms with E-state index >= 15 is 0 Å². The number of carbonyl (C=O) groups excluding carboxylic acids is 1. The van der Waals surface area contributed by atoms with Gasteiger partial charge in [0.15, 0.2) is 0 Å². The summed E-state index contributed by atoms with van der Waals surface area (Å²) in [6, 6.07) is 11.1. The molecule has 6 nitrogen and oxygen atoms in total. The first-order chi connectivity index (χ1) is 15.8. The van der Waals surface area contributed by atoms with E-state index in [1.807, 2.05) is 18.2 Å². The van der Waals surface area contributed by atoms with Crippen LogP contribution in [0.2, 0.25) is 0 Å². The number of fused-ring (bicyclic) bond motifs is 1. The third-order valence-electron chi connectivity index (χ3n) is 6.36. The third kappa shape index (κ3) is 5.38. The molecule has 0 saturated carbocycles. The zero-order valence-corrected chi connectivity index (χ0v) is 20.1. The predicted molar refractivity (Wildman–Crippen MR) is 131 cm³/mol. The number of hydrogen-bond donors (Lipinski definition) is 2. The molecule has 0 aliphatic rings. The lowest BCUT2D eigenvalue weighted by atomic mass is 10.0. The van der Waals surface area contributed by atoms with Crippen molar-refractivity contribution >= 4 is 22.8 Å². The number of methoxy groups -OCH3 is 1. The van der Waals surface area contributed by atoms with Crippen LogP contribution >= 0.6 is 0 Å². The van der Waals surface area contributed by atoms with Crippen LogP contribution in [0.3, 0.4) is 0 Å². The average molecular weight is 451 g/mol. The molecule has 0 fully saturated rings. The highest BCUT2D eigenvalue weighted by atomic mass is 16.5. The summed E-state index contributed by atoms with van der Waals surface area (Å²) in [7, 11) is 1.55. The number of amides is 1. The maximum Gasteiger partial charge on any atom is 0.335 e. The lowest BCUT2D eigenvalue weighted by Gasteiger charge is -2.14. The number of hydrogen-bond acceptors (Lipinski definition) is 3. The number of nitrogens with one attached hydrogen (secondary N) is 1. The Morgan fingerprint density at radius 3 is 2.33 bits per heavy atom. The molecule has 0 atom stereocenters. The SMILES string of the molecule is CCC(CC)CNC(=O)c1ccc2c(c1)c(Cc1ccc(C(=O)O)cc1OC)cn2C(C)C. The van der Waals surface area contributed by atoms with Crippen molar-refractivity contribution in [2.24, 2.45) is 5.92 Å². The van der Waals surface area contributed by atoms with Gasteiger partial charge in [-0.15, -0.1) is 0 Å². The molecule has 0 radical (unpaired) electrons. The van der Waals surface area contributed by atoms with Crippen LogP contribution in [0.4, 0.5) is 0 Å². The minimum atomic E-state index is -0.986. The second kappa shape index (κ2) is 10.6. The van der Waals surface area contributed by atoms with Crippen LogP contribution in [0, 0.1) is 5.92 Å². The summed E-state index contributed by atoms with van der Waals surface area (Å²) in [5, 5.41) is 13.4. The van der Waals surface area contributed by atoms with Crippen molar-refractivity contribution in [2.75, 3.05) is 13.7 Å². The monoisotopic (exact) mass is 450 g/mol. The molecular formula is C27H34N2O4. The third-order valence-corrected chi connectivity index (χ3v) is 6.36. The Labute approximate surface area is 195 Å². The molecule has 3 aromatic rings. The van der Waals surface area contributed by atoms with Crippen LogP contribution < -0.4 is 10.1 Å². The number of carboxylic acids is 1. The Balaban J connectivity index is 1.98. The molecule has 0 bridgehead atoms. The van der Waals surface area contributed by atoms with Gasteiger partial charge in [-0.05, 0) is 61.2 Å². The van der Waals surface area contributed by atoms with E-state index in [1.54, 1.807) is 25.3 Å². The highest BCUT2D eigenvalue weighted by Crippen LogP contribution is 2.31. The highest BCUT2D eigenvalue weighted by Gasteiger charge is 2.17. The van der Waals surface area contributed by atoms with Crippen LogP contribution in [0.5, 0.6) is 5.75 Å². The molecule has 6 heteroatoms. The van der Waals surface area contributed by atoms with Crippen LogP contribution in [0.1, 0.15) is 78.4 Å². The van der Waals surface area contributed by atoms with E-state index in [-0.39, 0.29) is 17.5 Å². The Morgan fingerprint density at radius 1 is 1.03 bits per heavy atom. The summed E-state index contributed by atoms with van der Waals surface area (Å²) in [5.41, 5.74) is 3.86. The smallest absolute Gasteiger partial charge is 0.335 e. The standard InChI is InChI=1S/C27H34N2O4/c1-6-18(7-2)15-28-26(30)20-10-11-24-23(13-20)22(16-29(24)17(3)4)12-19-8-9-21(27(31)32)14-25(19)33-5/h8-11,13-14,16-18H,6-7,12,15H2,1-5H3,(H,28,30)(H,31,32). The van der Waals surface area contributed by atoms with E-state index in [1.165, 1.54) is 0 Å². The van der Waals surface area contributed by atoms with E-state index in [0.29, 0.717) is 30.2 Å². The van der Waals surface area contributed by atoms with Crippen molar-refractivity contribution in [3.8, 4) is 5.75 Å². The van der Waals surface area contributed by atoms with Crippen LogP contribution in [-0.2, 0) is 6.42 Å². The highest BCUT2D eigenvalue weighted by molar-refractivity contribution is 5.99. The molecule has 0 spiro atoms. The molecule has 0 unspecified atom stereocenters. The van der Waals surface area contributed by atoms with Gasteiger partial charge in [0, 0.05) is 41.7 Å². The quantitative estimate of drug-likeness (QED) is 0.416. The second-order valence-electron chi connectivity index (χ2n) is 8.79. The van der Waals surface area contributed by atoms with Gasteiger partial charge >= 0.3 is 5.97 Å². The van der Waals surface area contributed by atoms with E-state index in [4.69, 9.17) is 4.74 Å². The van der Waals surface area contributed by atoms with Gasteiger partial charge in [0.25, 0.3) is 5.91 Å². The topological polar surface area (TPSA) is 80.6 Å². The normalized spacial score (nSPS) is 11.4. The fourth-order valence-corrected chi connectivity index (χ4v) is 4.18. The van der Waals surface area contributed by atoms with Gasteiger partial charge in [-0.1, -0.05) is 32.8 Å². The fraction of sp³-hybridized carbons (Fsp3) is 0.407. The minimum Gasteiger partial charge on any atom is -0.496 e. The molecule has 33 heavy (non-hydrogen) atoms. The number of benzene rings is 2. The van der Waals surface area contributed by atoms with Gasteiger partial charge in [0.05, 0.1) is 12.7 Å². The summed E-state index contributed by atoms with van der Waals surface area (Å²) in [4.78, 5) is 24.2. The average Bonchev–Trinajstić information content (AvgIpc) is 3.17. The predicted octanol–water partition coefficient (Wildman–Crippen LogP) is 5.69. The van der Waals surface area contributed by atoms with Gasteiger partial charge in [-0.2, -0.15) is 0 Å². The summed E-state index contributed by atoms with van der Waals surface area (Å²) < 4.78 is 7.68. The molecule has 1 heterocycles. The van der Waals surface area contributed by atoms with Crippen molar-refractivity contribution < 1.29 is 19.4 Å². The molecular weight excluding hydrogens is 416 g/mol. The van der Waals surface area contributed by atoms with Gasteiger partial charge in [0.1, 0.15) is 5.75 Å². The lowest BCUT2D eigenvalue weighted by Crippen LogP contribution is -2.28. The Bertz CT molecular complexity index is 1140. The number of aromatic carboxylic acids is 1. The summed E-state index contributed by atoms with van der Waals surface area (Å²) in [5.74, 6) is -0.0216. The van der Waals surface area contributed by atoms with E-state index in [0.717, 1.165) is 34.9 Å². The molecule has 1 aromatic heterocycles. The summed E-state index contributed by atoms with van der Waals surface area (Å²) >= 11 is 0. The van der Waals surface area contributed by atoms with Crippen LogP contribution in [0.15, 0.2) is 42.6 Å². The van der Waals surface area contributed by atoms with Crippen LogP contribution in [0.25, 0.3) is 10.9 Å². The summed E-state index contributed by atoms with van der Waals surface area (Å²) in [6.07, 6.45) is 4.77. The van der Waals surface area contributed by atoms with Crippen molar-refractivity contribution in [1.82, 2.24) is 9.88 Å². The summed E-state index contributed by atoms with van der Waals surface area (Å²) in [6.45, 7) is 9.22. The molecule has 0 aliphatic carbocycles. The van der Waals surface area contributed by atoms with Crippen molar-refractivity contribution in [3.63, 3.8) is 0 Å². The zero-order valence-electron chi connectivity index (χ0n) is 20.1. The number of carbonyl (C=O) groups is 2. The second-order valence-corrected chi connectivity index (χ2v) is 8.79. The molecule has 2 N–H and O–H groups in total. The molecule has 2 aromatic carbocycles. The number of aromatic nitrogens is 1. The Morgan fingerprint density at radius 2 is 1.73 bits per heavy atom. The lowest BCUT2D eigenvalue weighted by molar-refractivity contribution is 0.0696. The van der Waals surface area contributed by atoms with E-state index in [9.17, 15) is 14.7 Å². The Kier molecular flexibility index (Phi) is 7.79. The molecule has 3 rings (SSSR count). The number of nitrogens with zero attached hydrogens (tertiary/aromatic N) is 1. The van der Waals surface area contributed by atoms with Crippen molar-refractivity contribution in [1.29, 1.82) is 0 Å². The van der Waals surface area contributed by atoms with Gasteiger partial charge in [-0.3, -0.25) is 4.79 Å². The van der Waals surface area contributed by atoms with Crippen molar-refractivity contribution in [3.05, 3.63) is 64.8 Å². The van der Waals surface area contributed by atoms with Crippen LogP contribution in [-0.4, -0.2) is 35.2 Å². The van der Waals surface area contributed by atoms with E-state index in [2.05, 4.69) is 43.8 Å². The molecule has 1 amide bonds. The first kappa shape index (κ1) is 24.4. The minimum absolute atomic E-state index is 0.0598.